The van der Waals surface area contributed by atoms with Crippen LogP contribution in [0.2, 0.25) is 0 Å². The van der Waals surface area contributed by atoms with Gasteiger partial charge in [0.1, 0.15) is 22.8 Å². The average molecular weight is 370 g/mol. The van der Waals surface area contributed by atoms with Crippen LogP contribution in [0.3, 0.4) is 0 Å². The third-order valence-electron chi connectivity index (χ3n) is 3.96. The minimum Gasteiger partial charge on any atom is -0.478 e. The van der Waals surface area contributed by atoms with Gasteiger partial charge < -0.3 is 13.9 Å². The van der Waals surface area contributed by atoms with Crippen molar-refractivity contribution in [2.75, 3.05) is 0 Å². The summed E-state index contributed by atoms with van der Waals surface area (Å²) in [4.78, 5) is 22.9. The van der Waals surface area contributed by atoms with E-state index in [0.29, 0.717) is 34.5 Å². The van der Waals surface area contributed by atoms with Crippen LogP contribution in [-0.4, -0.2) is 16.9 Å². The quantitative estimate of drug-likeness (QED) is 0.577. The molecule has 0 aliphatic rings. The molecule has 2 aromatic heterocycles. The van der Waals surface area contributed by atoms with Crippen LogP contribution in [0.1, 0.15) is 44.9 Å². The fourth-order valence-electron chi connectivity index (χ4n) is 2.55. The second-order valence-electron chi connectivity index (χ2n) is 5.86. The van der Waals surface area contributed by atoms with Gasteiger partial charge in [-0.25, -0.2) is 4.79 Å². The summed E-state index contributed by atoms with van der Waals surface area (Å²) in [6.07, 6.45) is 0. The molecule has 2 heterocycles. The van der Waals surface area contributed by atoms with Crippen LogP contribution < -0.4 is 0 Å². The number of hydrogen-bond donors (Lipinski definition) is 1. The highest BCUT2D eigenvalue weighted by Crippen LogP contribution is 2.30. The Morgan fingerprint density at radius 3 is 2.42 bits per heavy atom. The van der Waals surface area contributed by atoms with Gasteiger partial charge in [0.15, 0.2) is 11.5 Å². The zero-order valence-electron chi connectivity index (χ0n) is 14.4. The number of rotatable bonds is 7. The molecule has 134 valence electrons. The Hall–Kier alpha value is -2.73. The van der Waals surface area contributed by atoms with Gasteiger partial charge in [-0.3, -0.25) is 4.79 Å². The van der Waals surface area contributed by atoms with E-state index in [4.69, 9.17) is 8.83 Å². The number of carboxylic acid groups (broad SMARTS) is 1. The van der Waals surface area contributed by atoms with E-state index < -0.39 is 5.97 Å². The van der Waals surface area contributed by atoms with Gasteiger partial charge in [-0.05, 0) is 19.1 Å². The monoisotopic (exact) mass is 370 g/mol. The molecule has 0 saturated carbocycles. The number of carbonyl (C=O) groups excluding carboxylic acids is 1. The number of carboxylic acids is 1. The molecular formula is C20H18O5S. The van der Waals surface area contributed by atoms with Crippen LogP contribution >= 0.6 is 11.8 Å². The molecule has 26 heavy (non-hydrogen) atoms. The maximum absolute atomic E-state index is 11.5. The first-order valence-electron chi connectivity index (χ1n) is 8.05. The molecule has 1 N–H and O–H groups in total. The van der Waals surface area contributed by atoms with Crippen LogP contribution in [0.5, 0.6) is 0 Å². The van der Waals surface area contributed by atoms with Crippen LogP contribution in [-0.2, 0) is 11.5 Å². The molecule has 0 bridgehead atoms. The average Bonchev–Trinajstić information content (AvgIpc) is 3.20. The standard InChI is InChI=1S/C20H18O5S/c1-12(21)17-8-15(13(2)24-17)10-26-11-19-16(20(22)23)9-18(25-19)14-6-4-3-5-7-14/h3-9H,10-11H2,1-2H3,(H,22,23). The Labute approximate surface area is 155 Å². The van der Waals surface area contributed by atoms with Crippen molar-refractivity contribution in [2.24, 2.45) is 0 Å². The lowest BCUT2D eigenvalue weighted by molar-refractivity contribution is 0.0694. The molecule has 0 spiro atoms. The number of ketones is 1. The van der Waals surface area contributed by atoms with E-state index in [2.05, 4.69) is 0 Å². The molecular weight excluding hydrogens is 352 g/mol. The number of benzene rings is 1. The normalized spacial score (nSPS) is 10.8. The Bertz CT molecular complexity index is 937. The van der Waals surface area contributed by atoms with Gasteiger partial charge in [-0.2, -0.15) is 0 Å². The maximum Gasteiger partial charge on any atom is 0.339 e. The number of hydrogen-bond acceptors (Lipinski definition) is 5. The lowest BCUT2D eigenvalue weighted by atomic mass is 10.1. The fourth-order valence-corrected chi connectivity index (χ4v) is 3.56. The van der Waals surface area contributed by atoms with Crippen LogP contribution in [0.25, 0.3) is 11.3 Å². The molecule has 6 heteroatoms. The maximum atomic E-state index is 11.5. The number of aryl methyl sites for hydroxylation is 1. The molecule has 0 saturated heterocycles. The highest BCUT2D eigenvalue weighted by Gasteiger charge is 2.18. The van der Waals surface area contributed by atoms with E-state index in [-0.39, 0.29) is 11.3 Å². The third-order valence-corrected chi connectivity index (χ3v) is 4.94. The molecule has 1 aromatic carbocycles. The Morgan fingerprint density at radius 1 is 1.08 bits per heavy atom. The van der Waals surface area contributed by atoms with E-state index >= 15 is 0 Å². The molecule has 0 amide bonds. The zero-order chi connectivity index (χ0) is 18.7. The first-order valence-corrected chi connectivity index (χ1v) is 9.20. The Kier molecular flexibility index (Phi) is 5.32. The van der Waals surface area contributed by atoms with Crippen LogP contribution in [0.15, 0.2) is 51.3 Å². The Morgan fingerprint density at radius 2 is 1.81 bits per heavy atom. The third kappa shape index (κ3) is 3.91. The molecule has 5 nitrogen and oxygen atoms in total. The lowest BCUT2D eigenvalue weighted by Gasteiger charge is -2.00. The summed E-state index contributed by atoms with van der Waals surface area (Å²) < 4.78 is 11.2. The van der Waals surface area contributed by atoms with Crippen molar-refractivity contribution in [3.05, 3.63) is 70.9 Å². The van der Waals surface area contributed by atoms with Gasteiger partial charge in [0.05, 0.1) is 5.75 Å². The molecule has 0 unspecified atom stereocenters. The molecule has 0 aliphatic heterocycles. The van der Waals surface area contributed by atoms with E-state index in [1.807, 2.05) is 37.3 Å². The minimum absolute atomic E-state index is 0.115. The number of aromatic carboxylic acids is 1. The first kappa shape index (κ1) is 18.1. The largest absolute Gasteiger partial charge is 0.478 e. The van der Waals surface area contributed by atoms with E-state index in [9.17, 15) is 14.7 Å². The smallest absolute Gasteiger partial charge is 0.339 e. The van der Waals surface area contributed by atoms with E-state index in [1.165, 1.54) is 18.7 Å². The zero-order valence-corrected chi connectivity index (χ0v) is 15.3. The highest BCUT2D eigenvalue weighted by atomic mass is 32.2. The van der Waals surface area contributed by atoms with Crippen LogP contribution in [0, 0.1) is 6.92 Å². The van der Waals surface area contributed by atoms with Crippen molar-refractivity contribution in [2.45, 2.75) is 25.4 Å². The van der Waals surface area contributed by atoms with Crippen molar-refractivity contribution in [1.29, 1.82) is 0 Å². The van der Waals surface area contributed by atoms with Crippen molar-refractivity contribution in [1.82, 2.24) is 0 Å². The number of furan rings is 2. The summed E-state index contributed by atoms with van der Waals surface area (Å²) in [5.41, 5.74) is 1.93. The predicted molar refractivity (Wildman–Crippen MR) is 99.6 cm³/mol. The van der Waals surface area contributed by atoms with Gasteiger partial charge in [0.25, 0.3) is 0 Å². The van der Waals surface area contributed by atoms with Crippen LogP contribution in [0.4, 0.5) is 0 Å². The summed E-state index contributed by atoms with van der Waals surface area (Å²) >= 11 is 1.51. The lowest BCUT2D eigenvalue weighted by Crippen LogP contribution is -1.97. The van der Waals surface area contributed by atoms with Gasteiger partial charge in [-0.1, -0.05) is 30.3 Å². The van der Waals surface area contributed by atoms with Crippen molar-refractivity contribution >= 4 is 23.5 Å². The molecule has 0 fully saturated rings. The topological polar surface area (TPSA) is 80.7 Å². The summed E-state index contributed by atoms with van der Waals surface area (Å²) in [5, 5.41) is 9.43. The predicted octanol–water partition coefficient (Wildman–Crippen LogP) is 5.18. The number of carbonyl (C=O) groups is 2. The molecule has 0 radical (unpaired) electrons. The van der Waals surface area contributed by atoms with E-state index in [0.717, 1.165) is 11.1 Å². The van der Waals surface area contributed by atoms with E-state index in [1.54, 1.807) is 12.1 Å². The Balaban J connectivity index is 1.74. The summed E-state index contributed by atoms with van der Waals surface area (Å²) in [7, 11) is 0. The minimum atomic E-state index is -1.01. The van der Waals surface area contributed by atoms with Gasteiger partial charge in [0, 0.05) is 23.8 Å². The summed E-state index contributed by atoms with van der Waals surface area (Å²) in [6.45, 7) is 3.27. The summed E-state index contributed by atoms with van der Waals surface area (Å²) in [6, 6.07) is 12.7. The van der Waals surface area contributed by atoms with Gasteiger partial charge >= 0.3 is 5.97 Å². The second-order valence-corrected chi connectivity index (χ2v) is 6.85. The van der Waals surface area contributed by atoms with Gasteiger partial charge in [-0.15, -0.1) is 11.8 Å². The van der Waals surface area contributed by atoms with Gasteiger partial charge in [0.2, 0.25) is 0 Å². The highest BCUT2D eigenvalue weighted by molar-refractivity contribution is 7.97. The summed E-state index contributed by atoms with van der Waals surface area (Å²) in [5.74, 6) is 1.89. The molecule has 3 aromatic rings. The molecule has 3 rings (SSSR count). The van der Waals surface area contributed by atoms with Crippen molar-refractivity contribution < 1.29 is 23.5 Å². The molecule has 0 atom stereocenters. The second kappa shape index (κ2) is 7.66. The SMILES string of the molecule is CC(=O)c1cc(CSCc2oc(-c3ccccc3)cc2C(=O)O)c(C)o1. The fraction of sp³-hybridized carbons (Fsp3) is 0.200. The number of Topliss-reactive ketones (excluding diaryl/α,β-unsaturated/α-hetero) is 1. The van der Waals surface area contributed by atoms with Crippen molar-refractivity contribution in [3.8, 4) is 11.3 Å². The molecule has 0 aliphatic carbocycles. The van der Waals surface area contributed by atoms with Crippen molar-refractivity contribution in [3.63, 3.8) is 0 Å². The first-order chi connectivity index (χ1) is 12.5. The number of thioether (sulfide) groups is 1.